The smallest absolute Gasteiger partial charge is 0.251 e. The summed E-state index contributed by atoms with van der Waals surface area (Å²) in [4.78, 5) is 24.8. The molecule has 0 radical (unpaired) electrons. The zero-order chi connectivity index (χ0) is 18.5. The minimum absolute atomic E-state index is 0.0882. The highest BCUT2D eigenvalue weighted by atomic mass is 16.2. The Hall–Kier alpha value is -2.66. The van der Waals surface area contributed by atoms with E-state index < -0.39 is 17.9 Å². The van der Waals surface area contributed by atoms with Crippen molar-refractivity contribution in [2.45, 2.75) is 44.7 Å². The highest BCUT2D eigenvalue weighted by Crippen LogP contribution is 2.29. The van der Waals surface area contributed by atoms with Crippen LogP contribution in [0, 0.1) is 0 Å². The fraction of sp³-hybridized carbons (Fsp3) is 0.333. The SMILES string of the molecule is CCc1cccc(NC(=O)C(N)C(=O)NC2CCCc3ccccc32)c1. The van der Waals surface area contributed by atoms with E-state index in [0.29, 0.717) is 5.69 Å². The molecule has 0 saturated heterocycles. The number of nitrogens with two attached hydrogens (primary N) is 1. The molecular formula is C21H25N3O2. The zero-order valence-corrected chi connectivity index (χ0v) is 15.0. The van der Waals surface area contributed by atoms with E-state index in [2.05, 4.69) is 16.7 Å². The zero-order valence-electron chi connectivity index (χ0n) is 15.0. The third kappa shape index (κ3) is 4.11. The van der Waals surface area contributed by atoms with Gasteiger partial charge in [-0.1, -0.05) is 43.3 Å². The molecule has 1 aliphatic rings. The molecule has 26 heavy (non-hydrogen) atoms. The summed E-state index contributed by atoms with van der Waals surface area (Å²) in [6, 6.07) is 14.3. The van der Waals surface area contributed by atoms with Crippen LogP contribution in [0.2, 0.25) is 0 Å². The Balaban J connectivity index is 1.63. The van der Waals surface area contributed by atoms with Gasteiger partial charge in [-0.2, -0.15) is 0 Å². The summed E-state index contributed by atoms with van der Waals surface area (Å²) in [5.41, 5.74) is 10.0. The minimum atomic E-state index is -1.24. The number of rotatable bonds is 5. The number of fused-ring (bicyclic) bond motifs is 1. The Bertz CT molecular complexity index is 803. The molecule has 2 atom stereocenters. The van der Waals surface area contributed by atoms with Crippen LogP contribution in [0.25, 0.3) is 0 Å². The van der Waals surface area contributed by atoms with Crippen molar-refractivity contribution < 1.29 is 9.59 Å². The van der Waals surface area contributed by atoms with E-state index >= 15 is 0 Å². The summed E-state index contributed by atoms with van der Waals surface area (Å²) in [7, 11) is 0. The molecule has 0 heterocycles. The summed E-state index contributed by atoms with van der Waals surface area (Å²) in [5, 5.41) is 5.67. The van der Waals surface area contributed by atoms with E-state index in [-0.39, 0.29) is 6.04 Å². The van der Waals surface area contributed by atoms with Crippen molar-refractivity contribution in [3.05, 3.63) is 65.2 Å². The highest BCUT2D eigenvalue weighted by Gasteiger charge is 2.27. The van der Waals surface area contributed by atoms with E-state index in [9.17, 15) is 9.59 Å². The van der Waals surface area contributed by atoms with Crippen molar-refractivity contribution in [2.24, 2.45) is 5.73 Å². The van der Waals surface area contributed by atoms with E-state index in [4.69, 9.17) is 5.73 Å². The van der Waals surface area contributed by atoms with E-state index in [0.717, 1.165) is 36.8 Å². The van der Waals surface area contributed by atoms with Crippen molar-refractivity contribution in [3.63, 3.8) is 0 Å². The second-order valence-corrected chi connectivity index (χ2v) is 6.67. The summed E-state index contributed by atoms with van der Waals surface area (Å²) in [6.07, 6.45) is 3.75. The van der Waals surface area contributed by atoms with Gasteiger partial charge in [0.1, 0.15) is 0 Å². The Kier molecular flexibility index (Phi) is 5.68. The summed E-state index contributed by atoms with van der Waals surface area (Å²) >= 11 is 0. The molecule has 5 heteroatoms. The quantitative estimate of drug-likeness (QED) is 0.724. The Morgan fingerprint density at radius 3 is 2.77 bits per heavy atom. The lowest BCUT2D eigenvalue weighted by Crippen LogP contribution is -2.49. The molecule has 5 nitrogen and oxygen atoms in total. The summed E-state index contributed by atoms with van der Waals surface area (Å²) in [5.74, 6) is -0.948. The van der Waals surface area contributed by atoms with Crippen molar-refractivity contribution >= 4 is 17.5 Å². The molecule has 2 unspecified atom stereocenters. The number of amides is 2. The number of anilines is 1. The molecule has 0 spiro atoms. The molecule has 4 N–H and O–H groups in total. The number of hydrogen-bond donors (Lipinski definition) is 3. The van der Waals surface area contributed by atoms with Gasteiger partial charge in [-0.05, 0) is 54.5 Å². The fourth-order valence-electron chi connectivity index (χ4n) is 3.37. The van der Waals surface area contributed by atoms with Gasteiger partial charge in [0.05, 0.1) is 6.04 Å². The van der Waals surface area contributed by atoms with Crippen LogP contribution in [0.5, 0.6) is 0 Å². The van der Waals surface area contributed by atoms with Crippen LogP contribution in [-0.2, 0) is 22.4 Å². The lowest BCUT2D eigenvalue weighted by atomic mass is 9.87. The minimum Gasteiger partial charge on any atom is -0.347 e. The number of aryl methyl sites for hydroxylation is 2. The largest absolute Gasteiger partial charge is 0.347 e. The van der Waals surface area contributed by atoms with Crippen LogP contribution in [0.1, 0.15) is 42.5 Å². The molecule has 2 aromatic rings. The first kappa shape index (κ1) is 18.1. The van der Waals surface area contributed by atoms with Crippen molar-refractivity contribution in [1.82, 2.24) is 5.32 Å². The van der Waals surface area contributed by atoms with Crippen LogP contribution in [0.4, 0.5) is 5.69 Å². The van der Waals surface area contributed by atoms with Crippen LogP contribution in [0.3, 0.4) is 0 Å². The van der Waals surface area contributed by atoms with E-state index in [1.165, 1.54) is 5.56 Å². The van der Waals surface area contributed by atoms with E-state index in [1.807, 2.05) is 43.3 Å². The maximum atomic E-state index is 12.5. The molecule has 3 rings (SSSR count). The van der Waals surface area contributed by atoms with Gasteiger partial charge in [-0.25, -0.2) is 0 Å². The standard InChI is InChI=1S/C21H25N3O2/c1-2-14-7-5-10-16(13-14)23-20(25)19(22)21(26)24-18-12-6-9-15-8-3-4-11-17(15)18/h3-5,7-8,10-11,13,18-19H,2,6,9,12,22H2,1H3,(H,23,25)(H,24,26). The summed E-state index contributed by atoms with van der Waals surface area (Å²) < 4.78 is 0. The predicted octanol–water partition coefficient (Wildman–Crippen LogP) is 2.71. The number of hydrogen-bond acceptors (Lipinski definition) is 3. The second-order valence-electron chi connectivity index (χ2n) is 6.67. The van der Waals surface area contributed by atoms with Gasteiger partial charge in [0, 0.05) is 5.69 Å². The number of carbonyl (C=O) groups excluding carboxylic acids is 2. The van der Waals surface area contributed by atoms with Crippen molar-refractivity contribution in [2.75, 3.05) is 5.32 Å². The second kappa shape index (κ2) is 8.15. The van der Waals surface area contributed by atoms with Gasteiger partial charge in [0.2, 0.25) is 5.91 Å². The maximum Gasteiger partial charge on any atom is 0.251 e. The Morgan fingerprint density at radius 1 is 1.15 bits per heavy atom. The Labute approximate surface area is 154 Å². The lowest BCUT2D eigenvalue weighted by molar-refractivity contribution is -0.129. The lowest BCUT2D eigenvalue weighted by Gasteiger charge is -2.27. The van der Waals surface area contributed by atoms with Gasteiger partial charge in [-0.3, -0.25) is 9.59 Å². The number of carbonyl (C=O) groups is 2. The molecule has 2 aromatic carbocycles. The average molecular weight is 351 g/mol. The fourth-order valence-corrected chi connectivity index (χ4v) is 3.37. The predicted molar refractivity (Wildman–Crippen MR) is 103 cm³/mol. The number of nitrogens with one attached hydrogen (secondary N) is 2. The normalized spacial score (nSPS) is 17.1. The van der Waals surface area contributed by atoms with Gasteiger partial charge in [0.15, 0.2) is 6.04 Å². The van der Waals surface area contributed by atoms with Gasteiger partial charge in [-0.15, -0.1) is 0 Å². The molecule has 0 saturated carbocycles. The van der Waals surface area contributed by atoms with Crippen molar-refractivity contribution in [3.8, 4) is 0 Å². The van der Waals surface area contributed by atoms with Crippen molar-refractivity contribution in [1.29, 1.82) is 0 Å². The van der Waals surface area contributed by atoms with Crippen LogP contribution in [0.15, 0.2) is 48.5 Å². The monoisotopic (exact) mass is 351 g/mol. The number of benzene rings is 2. The molecule has 2 amide bonds. The Morgan fingerprint density at radius 2 is 1.96 bits per heavy atom. The first-order chi connectivity index (χ1) is 12.6. The van der Waals surface area contributed by atoms with Gasteiger partial charge in [0.25, 0.3) is 5.91 Å². The molecule has 0 aliphatic heterocycles. The third-order valence-corrected chi connectivity index (χ3v) is 4.85. The molecule has 1 aliphatic carbocycles. The molecule has 0 bridgehead atoms. The molecular weight excluding hydrogens is 326 g/mol. The van der Waals surface area contributed by atoms with Gasteiger partial charge < -0.3 is 16.4 Å². The average Bonchev–Trinajstić information content (AvgIpc) is 2.67. The topological polar surface area (TPSA) is 84.2 Å². The van der Waals surface area contributed by atoms with Crippen LogP contribution in [-0.4, -0.2) is 17.9 Å². The van der Waals surface area contributed by atoms with Crippen LogP contribution >= 0.6 is 0 Å². The highest BCUT2D eigenvalue weighted by molar-refractivity contribution is 6.09. The first-order valence-corrected chi connectivity index (χ1v) is 9.12. The first-order valence-electron chi connectivity index (χ1n) is 9.12. The third-order valence-electron chi connectivity index (χ3n) is 4.85. The molecule has 0 aromatic heterocycles. The van der Waals surface area contributed by atoms with E-state index in [1.54, 1.807) is 6.07 Å². The maximum absolute atomic E-state index is 12.5. The van der Waals surface area contributed by atoms with Gasteiger partial charge >= 0.3 is 0 Å². The summed E-state index contributed by atoms with van der Waals surface area (Å²) in [6.45, 7) is 2.04. The van der Waals surface area contributed by atoms with Crippen LogP contribution < -0.4 is 16.4 Å². The molecule has 0 fully saturated rings. The molecule has 136 valence electrons.